The van der Waals surface area contributed by atoms with Crippen molar-refractivity contribution in [3.63, 3.8) is 0 Å². The molecule has 3 aromatic rings. The fraction of sp³-hybridized carbons (Fsp3) is 0.571. The number of unbranched alkanes of at least 4 members (excludes halogenated alkanes) is 8. The number of carbonyl (C=O) groups excluding carboxylic acids is 1. The Morgan fingerprint density at radius 1 is 0.905 bits per heavy atom. The van der Waals surface area contributed by atoms with E-state index in [2.05, 4.69) is 20.8 Å². The minimum Gasteiger partial charge on any atom is -0.465 e. The Morgan fingerprint density at radius 3 is 2.12 bits per heavy atom. The quantitative estimate of drug-likeness (QED) is 0.118. The zero-order valence-electron chi connectivity index (χ0n) is 26.0. The van der Waals surface area contributed by atoms with Crippen LogP contribution in [-0.4, -0.2) is 17.1 Å². The van der Waals surface area contributed by atoms with Crippen molar-refractivity contribution in [1.82, 2.24) is 4.57 Å². The van der Waals surface area contributed by atoms with E-state index < -0.39 is 11.0 Å². The van der Waals surface area contributed by atoms with Gasteiger partial charge in [0, 0.05) is 18.0 Å². The van der Waals surface area contributed by atoms with Crippen LogP contribution in [0.5, 0.6) is 0 Å². The van der Waals surface area contributed by atoms with Crippen LogP contribution in [0.1, 0.15) is 98.8 Å². The number of rotatable bonds is 17. The molecule has 6 nitrogen and oxygen atoms in total. The Morgan fingerprint density at radius 2 is 1.50 bits per heavy atom. The second-order valence-electron chi connectivity index (χ2n) is 12.6. The van der Waals surface area contributed by atoms with Crippen LogP contribution in [0.4, 0.5) is 4.39 Å². The van der Waals surface area contributed by atoms with Crippen LogP contribution < -0.4 is 11.2 Å². The minimum absolute atomic E-state index is 0.0813. The SMILES string of the molecule is CC(C)CC(C)C(C)(C)C(=O)OCCCCCCCCCCCn1cc2oc(=O)c(-c3ccc(F)cc3)cc2cc1=O. The van der Waals surface area contributed by atoms with E-state index in [0.717, 1.165) is 51.4 Å². The normalized spacial score (nSPS) is 12.6. The van der Waals surface area contributed by atoms with Crippen LogP contribution in [-0.2, 0) is 16.1 Å². The highest BCUT2D eigenvalue weighted by molar-refractivity contribution is 5.80. The molecule has 7 heteroatoms. The first kappa shape index (κ1) is 33.3. The van der Waals surface area contributed by atoms with Crippen molar-refractivity contribution in [3.8, 4) is 11.1 Å². The molecule has 0 spiro atoms. The number of fused-ring (bicyclic) bond motifs is 1. The third kappa shape index (κ3) is 9.67. The first-order valence-electron chi connectivity index (χ1n) is 15.6. The monoisotopic (exact) mass is 581 g/mol. The fourth-order valence-electron chi connectivity index (χ4n) is 5.31. The number of carbonyl (C=O) groups is 1. The highest BCUT2D eigenvalue weighted by Gasteiger charge is 2.35. The lowest BCUT2D eigenvalue weighted by atomic mass is 9.76. The summed E-state index contributed by atoms with van der Waals surface area (Å²) in [7, 11) is 0. The Bertz CT molecular complexity index is 1400. The van der Waals surface area contributed by atoms with Crippen molar-refractivity contribution in [2.75, 3.05) is 6.61 Å². The number of hydrogen-bond acceptors (Lipinski definition) is 5. The molecule has 0 aliphatic carbocycles. The summed E-state index contributed by atoms with van der Waals surface area (Å²) in [6.45, 7) is 11.6. The van der Waals surface area contributed by atoms with E-state index in [4.69, 9.17) is 9.15 Å². The standard InChI is InChI=1S/C35H48FNO5/c1-25(2)21-26(3)35(4,5)34(40)41-20-14-12-10-8-6-7-9-11-13-19-37-24-31-28(23-32(37)38)22-30(33(39)42-31)27-15-17-29(36)18-16-27/h15-18,22-26H,6-14,19-21H2,1-5H3. The first-order chi connectivity index (χ1) is 20.0. The Hall–Kier alpha value is -3.22. The summed E-state index contributed by atoms with van der Waals surface area (Å²) in [5, 5.41) is 0.549. The van der Waals surface area contributed by atoms with Gasteiger partial charge in [-0.2, -0.15) is 0 Å². The smallest absolute Gasteiger partial charge is 0.344 e. The zero-order valence-corrected chi connectivity index (χ0v) is 26.0. The molecule has 2 aromatic heterocycles. The topological polar surface area (TPSA) is 78.5 Å². The number of benzene rings is 1. The van der Waals surface area contributed by atoms with Gasteiger partial charge >= 0.3 is 11.6 Å². The molecule has 0 fully saturated rings. The molecule has 1 unspecified atom stereocenters. The van der Waals surface area contributed by atoms with Crippen molar-refractivity contribution in [2.24, 2.45) is 17.3 Å². The molecule has 0 N–H and O–H groups in total. The summed E-state index contributed by atoms with van der Waals surface area (Å²) in [4.78, 5) is 37.7. The largest absolute Gasteiger partial charge is 0.465 e. The number of nitrogens with zero attached hydrogens (tertiary/aromatic N) is 1. The lowest BCUT2D eigenvalue weighted by Crippen LogP contribution is -2.34. The van der Waals surface area contributed by atoms with E-state index in [1.165, 1.54) is 43.2 Å². The maximum absolute atomic E-state index is 13.2. The van der Waals surface area contributed by atoms with Crippen LogP contribution in [0.25, 0.3) is 22.1 Å². The third-order valence-corrected chi connectivity index (χ3v) is 8.36. The van der Waals surface area contributed by atoms with Crippen LogP contribution in [0, 0.1) is 23.1 Å². The number of ether oxygens (including phenoxy) is 1. The number of aryl methyl sites for hydroxylation is 1. The van der Waals surface area contributed by atoms with Gasteiger partial charge in [0.05, 0.1) is 23.8 Å². The van der Waals surface area contributed by atoms with Gasteiger partial charge in [0.15, 0.2) is 5.58 Å². The number of pyridine rings is 1. The van der Waals surface area contributed by atoms with E-state index in [1.54, 1.807) is 16.8 Å². The van der Waals surface area contributed by atoms with Gasteiger partial charge in [-0.05, 0) is 68.7 Å². The van der Waals surface area contributed by atoms with Crippen LogP contribution in [0.2, 0.25) is 0 Å². The van der Waals surface area contributed by atoms with Crippen LogP contribution in [0.3, 0.4) is 0 Å². The van der Waals surface area contributed by atoms with Gasteiger partial charge in [-0.25, -0.2) is 9.18 Å². The summed E-state index contributed by atoms with van der Waals surface area (Å²) in [6, 6.07) is 8.73. The molecule has 0 saturated heterocycles. The predicted octanol–water partition coefficient (Wildman–Crippen LogP) is 8.52. The molecular weight excluding hydrogens is 533 g/mol. The number of aromatic nitrogens is 1. The second kappa shape index (κ2) is 15.9. The molecule has 0 saturated carbocycles. The lowest BCUT2D eigenvalue weighted by molar-refractivity contribution is -0.157. The molecule has 0 aliphatic heterocycles. The highest BCUT2D eigenvalue weighted by atomic mass is 19.1. The van der Waals surface area contributed by atoms with Gasteiger partial charge in [-0.15, -0.1) is 0 Å². The van der Waals surface area contributed by atoms with Crippen molar-refractivity contribution >= 4 is 16.9 Å². The van der Waals surface area contributed by atoms with E-state index in [0.29, 0.717) is 47.1 Å². The molecule has 0 amide bonds. The maximum Gasteiger partial charge on any atom is 0.344 e. The molecule has 42 heavy (non-hydrogen) atoms. The third-order valence-electron chi connectivity index (χ3n) is 8.36. The number of esters is 1. The fourth-order valence-corrected chi connectivity index (χ4v) is 5.31. The molecule has 1 aromatic carbocycles. The average Bonchev–Trinajstić information content (AvgIpc) is 2.93. The molecule has 0 radical (unpaired) electrons. The van der Waals surface area contributed by atoms with Crippen LogP contribution >= 0.6 is 0 Å². The molecule has 0 bridgehead atoms. The van der Waals surface area contributed by atoms with Gasteiger partial charge in [0.2, 0.25) is 0 Å². The summed E-state index contributed by atoms with van der Waals surface area (Å²) in [5.74, 6) is 0.398. The number of halogens is 1. The molecule has 230 valence electrons. The van der Waals surface area contributed by atoms with Gasteiger partial charge in [0.25, 0.3) is 5.56 Å². The van der Waals surface area contributed by atoms with Gasteiger partial charge in [-0.3, -0.25) is 9.59 Å². The van der Waals surface area contributed by atoms with Crippen LogP contribution in [0.15, 0.2) is 56.6 Å². The zero-order chi connectivity index (χ0) is 30.7. The number of hydrogen-bond donors (Lipinski definition) is 0. The second-order valence-corrected chi connectivity index (χ2v) is 12.6. The predicted molar refractivity (Wildman–Crippen MR) is 167 cm³/mol. The summed E-state index contributed by atoms with van der Waals surface area (Å²) in [6.07, 6.45) is 12.3. The lowest BCUT2D eigenvalue weighted by Gasteiger charge is -2.30. The van der Waals surface area contributed by atoms with Crippen molar-refractivity contribution < 1.29 is 18.3 Å². The molecule has 2 heterocycles. The molecular formula is C35H48FNO5. The Kier molecular flexibility index (Phi) is 12.6. The average molecular weight is 582 g/mol. The first-order valence-corrected chi connectivity index (χ1v) is 15.6. The van der Waals surface area contributed by atoms with Crippen molar-refractivity contribution in [1.29, 1.82) is 0 Å². The molecule has 3 rings (SSSR count). The van der Waals surface area contributed by atoms with E-state index >= 15 is 0 Å². The Balaban J connectivity index is 1.30. The van der Waals surface area contributed by atoms with Gasteiger partial charge in [0.1, 0.15) is 5.82 Å². The minimum atomic E-state index is -0.518. The van der Waals surface area contributed by atoms with Gasteiger partial charge in [-0.1, -0.05) is 77.8 Å². The van der Waals surface area contributed by atoms with Gasteiger partial charge < -0.3 is 13.7 Å². The Labute approximate surface area is 249 Å². The van der Waals surface area contributed by atoms with E-state index in [1.807, 2.05) is 13.8 Å². The van der Waals surface area contributed by atoms with E-state index in [-0.39, 0.29) is 17.3 Å². The van der Waals surface area contributed by atoms with Crippen molar-refractivity contribution in [2.45, 2.75) is 105 Å². The van der Waals surface area contributed by atoms with E-state index in [9.17, 15) is 18.8 Å². The molecule has 1 atom stereocenters. The molecule has 0 aliphatic rings. The van der Waals surface area contributed by atoms with Crippen molar-refractivity contribution in [3.05, 3.63) is 69.2 Å². The maximum atomic E-state index is 13.2. The summed E-state index contributed by atoms with van der Waals surface area (Å²) in [5.41, 5.74) is 0.109. The summed E-state index contributed by atoms with van der Waals surface area (Å²) < 4.78 is 25.9. The highest BCUT2D eigenvalue weighted by Crippen LogP contribution is 2.33. The summed E-state index contributed by atoms with van der Waals surface area (Å²) >= 11 is 0.